The zero-order valence-corrected chi connectivity index (χ0v) is 15.6. The molecule has 4 nitrogen and oxygen atoms in total. The average Bonchev–Trinajstić information content (AvgIpc) is 2.72. The number of aliphatic hydroxyl groups is 1. The number of carbonyl (C=O) groups excluding carboxylic acids is 1. The molecule has 0 saturated carbocycles. The molecule has 7 heteroatoms. The summed E-state index contributed by atoms with van der Waals surface area (Å²) in [6.07, 6.45) is -2.91. The Bertz CT molecular complexity index is 896. The fourth-order valence-corrected chi connectivity index (χ4v) is 3.16. The van der Waals surface area contributed by atoms with Gasteiger partial charge in [0.1, 0.15) is 5.75 Å². The fraction of sp³-hybridized carbons (Fsp3) is 0.318. The maximum atomic E-state index is 12.6. The number of aliphatic hydroxyl groups excluding tert-OH is 1. The van der Waals surface area contributed by atoms with E-state index in [1.54, 1.807) is 29.2 Å². The van der Waals surface area contributed by atoms with Gasteiger partial charge in [-0.25, -0.2) is 0 Å². The van der Waals surface area contributed by atoms with E-state index in [1.165, 1.54) is 24.3 Å². The summed E-state index contributed by atoms with van der Waals surface area (Å²) in [5.41, 5.74) is 1.79. The van der Waals surface area contributed by atoms with Crippen molar-refractivity contribution in [3.8, 4) is 17.6 Å². The zero-order chi connectivity index (χ0) is 20.9. The van der Waals surface area contributed by atoms with Crippen molar-refractivity contribution < 1.29 is 27.8 Å². The number of rotatable bonds is 3. The first-order valence-corrected chi connectivity index (χ1v) is 9.22. The van der Waals surface area contributed by atoms with Crippen molar-refractivity contribution >= 4 is 5.91 Å². The van der Waals surface area contributed by atoms with Crippen LogP contribution in [0.2, 0.25) is 0 Å². The molecule has 1 saturated heterocycles. The number of nitrogens with zero attached hydrogens (tertiary/aromatic N) is 1. The third kappa shape index (κ3) is 6.00. The lowest BCUT2D eigenvalue weighted by molar-refractivity contribution is -0.274. The number of carbonyl (C=O) groups is 1. The molecule has 0 radical (unpaired) electrons. The monoisotopic (exact) mass is 403 g/mol. The van der Waals surface area contributed by atoms with E-state index in [9.17, 15) is 23.1 Å². The Morgan fingerprint density at radius 1 is 1.07 bits per heavy atom. The van der Waals surface area contributed by atoms with Crippen LogP contribution in [0.3, 0.4) is 0 Å². The molecule has 2 aromatic carbocycles. The first-order chi connectivity index (χ1) is 13.8. The molecular weight excluding hydrogens is 383 g/mol. The summed E-state index contributed by atoms with van der Waals surface area (Å²) in [7, 11) is 0. The van der Waals surface area contributed by atoms with Crippen molar-refractivity contribution in [1.82, 2.24) is 4.90 Å². The van der Waals surface area contributed by atoms with Crippen LogP contribution >= 0.6 is 0 Å². The molecule has 0 aromatic heterocycles. The van der Waals surface area contributed by atoms with Crippen LogP contribution in [0.4, 0.5) is 13.2 Å². The molecule has 2 aromatic rings. The fourth-order valence-electron chi connectivity index (χ4n) is 3.16. The minimum absolute atomic E-state index is 0.0667. The Morgan fingerprint density at radius 3 is 2.21 bits per heavy atom. The van der Waals surface area contributed by atoms with Crippen LogP contribution in [0.5, 0.6) is 5.75 Å². The topological polar surface area (TPSA) is 49.8 Å². The van der Waals surface area contributed by atoms with E-state index >= 15 is 0 Å². The predicted molar refractivity (Wildman–Crippen MR) is 101 cm³/mol. The van der Waals surface area contributed by atoms with Crippen LogP contribution in [-0.2, 0) is 0 Å². The molecule has 3 rings (SSSR count). The minimum Gasteiger partial charge on any atom is -0.406 e. The minimum atomic E-state index is -4.72. The highest BCUT2D eigenvalue weighted by Gasteiger charge is 2.30. The normalized spacial score (nSPS) is 16.7. The van der Waals surface area contributed by atoms with E-state index in [-0.39, 0.29) is 24.2 Å². The van der Waals surface area contributed by atoms with Gasteiger partial charge in [0.05, 0.1) is 0 Å². The Morgan fingerprint density at radius 2 is 1.66 bits per heavy atom. The van der Waals surface area contributed by atoms with Crippen molar-refractivity contribution in [2.75, 3.05) is 19.7 Å². The molecule has 0 unspecified atom stereocenters. The average molecular weight is 403 g/mol. The van der Waals surface area contributed by atoms with Gasteiger partial charge in [-0.15, -0.1) is 13.2 Å². The summed E-state index contributed by atoms with van der Waals surface area (Å²) >= 11 is 0. The predicted octanol–water partition coefficient (Wildman–Crippen LogP) is 3.83. The van der Waals surface area contributed by atoms with Gasteiger partial charge in [-0.05, 0) is 67.3 Å². The van der Waals surface area contributed by atoms with E-state index in [2.05, 4.69) is 16.6 Å². The maximum absolute atomic E-state index is 12.6. The van der Waals surface area contributed by atoms with Gasteiger partial charge in [0.2, 0.25) is 0 Å². The Balaban J connectivity index is 1.63. The third-order valence-electron chi connectivity index (χ3n) is 4.64. The van der Waals surface area contributed by atoms with Crippen LogP contribution in [0.25, 0.3) is 0 Å². The molecule has 1 N–H and O–H groups in total. The molecule has 1 fully saturated rings. The number of hydrogen-bond donors (Lipinski definition) is 1. The number of piperidine rings is 1. The highest BCUT2D eigenvalue weighted by atomic mass is 19.4. The summed E-state index contributed by atoms with van der Waals surface area (Å²) in [4.78, 5) is 14.4. The standard InChI is InChI=1S/C22H20F3NO3/c23-22(24,25)29-20-11-7-17(8-12-20)4-3-16-5-9-19(10-6-16)21(28)26-13-1-2-18(14-26)15-27/h5-12,18,27H,1-2,13-15H2/t18-/m1/s1. The molecular formula is C22H20F3NO3. The summed E-state index contributed by atoms with van der Waals surface area (Å²) in [5.74, 6) is 5.55. The molecule has 0 bridgehead atoms. The van der Waals surface area contributed by atoms with Crippen LogP contribution in [0.15, 0.2) is 48.5 Å². The van der Waals surface area contributed by atoms with Crippen LogP contribution in [0.1, 0.15) is 34.3 Å². The lowest BCUT2D eigenvalue weighted by atomic mass is 9.98. The number of alkyl halides is 3. The third-order valence-corrected chi connectivity index (χ3v) is 4.64. The second-order valence-electron chi connectivity index (χ2n) is 6.84. The lowest BCUT2D eigenvalue weighted by Crippen LogP contribution is -2.40. The largest absolute Gasteiger partial charge is 0.573 e. The zero-order valence-electron chi connectivity index (χ0n) is 15.6. The maximum Gasteiger partial charge on any atom is 0.573 e. The van der Waals surface area contributed by atoms with Crippen molar-refractivity contribution in [2.24, 2.45) is 5.92 Å². The van der Waals surface area contributed by atoms with E-state index in [4.69, 9.17) is 0 Å². The first kappa shape index (κ1) is 20.7. The highest BCUT2D eigenvalue weighted by molar-refractivity contribution is 5.94. The van der Waals surface area contributed by atoms with Crippen molar-refractivity contribution in [1.29, 1.82) is 0 Å². The van der Waals surface area contributed by atoms with E-state index < -0.39 is 6.36 Å². The number of benzene rings is 2. The van der Waals surface area contributed by atoms with E-state index in [0.29, 0.717) is 29.8 Å². The van der Waals surface area contributed by atoms with Gasteiger partial charge < -0.3 is 14.7 Å². The van der Waals surface area contributed by atoms with Gasteiger partial charge in [0.15, 0.2) is 0 Å². The molecule has 0 spiro atoms. The smallest absolute Gasteiger partial charge is 0.406 e. The molecule has 1 atom stereocenters. The van der Waals surface area contributed by atoms with Gasteiger partial charge in [-0.1, -0.05) is 11.8 Å². The Hall–Kier alpha value is -2.98. The summed E-state index contributed by atoms with van der Waals surface area (Å²) in [6.45, 7) is 1.33. The van der Waals surface area contributed by atoms with Gasteiger partial charge in [0, 0.05) is 36.4 Å². The Labute approximate surface area is 166 Å². The van der Waals surface area contributed by atoms with Crippen LogP contribution in [0, 0.1) is 17.8 Å². The second-order valence-corrected chi connectivity index (χ2v) is 6.84. The van der Waals surface area contributed by atoms with Gasteiger partial charge in [0.25, 0.3) is 5.91 Å². The molecule has 1 aliphatic rings. The molecule has 152 valence electrons. The first-order valence-electron chi connectivity index (χ1n) is 9.22. The van der Waals surface area contributed by atoms with Crippen LogP contribution < -0.4 is 4.74 Å². The lowest BCUT2D eigenvalue weighted by Gasteiger charge is -2.31. The molecule has 29 heavy (non-hydrogen) atoms. The van der Waals surface area contributed by atoms with Crippen molar-refractivity contribution in [3.63, 3.8) is 0 Å². The SMILES string of the molecule is O=C(c1ccc(C#Cc2ccc(OC(F)(F)F)cc2)cc1)N1CCC[C@@H](CO)C1. The van der Waals surface area contributed by atoms with Gasteiger partial charge in [-0.3, -0.25) is 4.79 Å². The van der Waals surface area contributed by atoms with E-state index in [1.807, 2.05) is 0 Å². The molecule has 1 aliphatic heterocycles. The Kier molecular flexibility index (Phi) is 6.45. The summed E-state index contributed by atoms with van der Waals surface area (Å²) in [5, 5.41) is 9.31. The summed E-state index contributed by atoms with van der Waals surface area (Å²) < 4.78 is 40.3. The molecule has 1 heterocycles. The molecule has 0 aliphatic carbocycles. The number of hydrogen-bond acceptors (Lipinski definition) is 3. The van der Waals surface area contributed by atoms with Gasteiger partial charge >= 0.3 is 6.36 Å². The van der Waals surface area contributed by atoms with E-state index in [0.717, 1.165) is 12.8 Å². The number of ether oxygens (including phenoxy) is 1. The number of likely N-dealkylation sites (tertiary alicyclic amines) is 1. The van der Waals surface area contributed by atoms with Crippen LogP contribution in [-0.4, -0.2) is 42.0 Å². The second kappa shape index (κ2) is 9.01. The highest BCUT2D eigenvalue weighted by Crippen LogP contribution is 2.22. The quantitative estimate of drug-likeness (QED) is 0.793. The number of amides is 1. The summed E-state index contributed by atoms with van der Waals surface area (Å²) in [6, 6.07) is 12.2. The van der Waals surface area contributed by atoms with Gasteiger partial charge in [-0.2, -0.15) is 0 Å². The van der Waals surface area contributed by atoms with Crippen molar-refractivity contribution in [2.45, 2.75) is 19.2 Å². The van der Waals surface area contributed by atoms with Crippen molar-refractivity contribution in [3.05, 3.63) is 65.2 Å². The number of halogens is 3. The molecule has 1 amide bonds.